The van der Waals surface area contributed by atoms with Crippen LogP contribution < -0.4 is 0 Å². The highest BCUT2D eigenvalue weighted by Crippen LogP contribution is 2.45. The Kier molecular flexibility index (Phi) is 3.37. The van der Waals surface area contributed by atoms with Crippen molar-refractivity contribution in [3.05, 3.63) is 59.7 Å². The van der Waals surface area contributed by atoms with Gasteiger partial charge in [-0.15, -0.1) is 0 Å². The SMILES string of the molecule is CC#COC(=O)N(C)C1c2ccccc2-c2ccccc21. The predicted molar refractivity (Wildman–Crippen MR) is 81.4 cm³/mol. The first-order chi connectivity index (χ1) is 10.2. The van der Waals surface area contributed by atoms with Crippen LogP contribution in [0.2, 0.25) is 0 Å². The number of carbonyl (C=O) groups is 1. The van der Waals surface area contributed by atoms with Crippen molar-refractivity contribution >= 4 is 6.09 Å². The Hall–Kier alpha value is -2.73. The molecule has 0 atom stereocenters. The van der Waals surface area contributed by atoms with Crippen LogP contribution in [0, 0.1) is 12.0 Å². The quantitative estimate of drug-likeness (QED) is 0.742. The van der Waals surface area contributed by atoms with Gasteiger partial charge in [0.2, 0.25) is 0 Å². The maximum Gasteiger partial charge on any atom is 0.424 e. The lowest BCUT2D eigenvalue weighted by molar-refractivity contribution is 0.144. The van der Waals surface area contributed by atoms with E-state index in [9.17, 15) is 4.79 Å². The van der Waals surface area contributed by atoms with Gasteiger partial charge >= 0.3 is 6.09 Å². The van der Waals surface area contributed by atoms with Crippen LogP contribution in [-0.4, -0.2) is 18.0 Å². The van der Waals surface area contributed by atoms with Crippen LogP contribution in [-0.2, 0) is 4.74 Å². The number of benzene rings is 2. The minimum atomic E-state index is -0.444. The van der Waals surface area contributed by atoms with E-state index in [1.807, 2.05) is 24.3 Å². The largest absolute Gasteiger partial charge is 0.424 e. The summed E-state index contributed by atoms with van der Waals surface area (Å²) >= 11 is 0. The lowest BCUT2D eigenvalue weighted by atomic mass is 10.0. The van der Waals surface area contributed by atoms with Crippen LogP contribution in [0.15, 0.2) is 48.5 Å². The minimum absolute atomic E-state index is 0.136. The summed E-state index contributed by atoms with van der Waals surface area (Å²) in [6.07, 6.45) is 1.92. The molecule has 0 heterocycles. The zero-order valence-electron chi connectivity index (χ0n) is 12.0. The molecule has 2 aromatic carbocycles. The van der Waals surface area contributed by atoms with Crippen molar-refractivity contribution in [1.82, 2.24) is 4.90 Å². The number of hydrogen-bond donors (Lipinski definition) is 0. The van der Waals surface area contributed by atoms with Crippen molar-refractivity contribution in [2.24, 2.45) is 0 Å². The molecule has 0 radical (unpaired) electrons. The van der Waals surface area contributed by atoms with Crippen LogP contribution in [0.4, 0.5) is 4.79 Å². The average molecular weight is 277 g/mol. The van der Waals surface area contributed by atoms with Gasteiger partial charge < -0.3 is 4.74 Å². The van der Waals surface area contributed by atoms with E-state index >= 15 is 0 Å². The Labute approximate surface area is 124 Å². The van der Waals surface area contributed by atoms with E-state index in [1.165, 1.54) is 11.1 Å². The van der Waals surface area contributed by atoms with Crippen molar-refractivity contribution in [2.75, 3.05) is 7.05 Å². The number of fused-ring (bicyclic) bond motifs is 3. The maximum absolute atomic E-state index is 12.1. The summed E-state index contributed by atoms with van der Waals surface area (Å²) in [6, 6.07) is 16.1. The van der Waals surface area contributed by atoms with Gasteiger partial charge in [0.15, 0.2) is 0 Å². The lowest BCUT2D eigenvalue weighted by Gasteiger charge is -2.24. The smallest absolute Gasteiger partial charge is 0.356 e. The van der Waals surface area contributed by atoms with Crippen LogP contribution in [0.5, 0.6) is 0 Å². The molecule has 0 unspecified atom stereocenters. The fourth-order valence-electron chi connectivity index (χ4n) is 2.82. The molecule has 0 aliphatic heterocycles. The standard InChI is InChI=1S/C18H15NO2/c1-3-12-21-18(20)19(2)17-15-10-6-4-8-13(15)14-9-5-7-11-16(14)17/h4-11,17H,1-2H3. The molecule has 0 spiro atoms. The van der Waals surface area contributed by atoms with Crippen LogP contribution in [0.3, 0.4) is 0 Å². The summed E-state index contributed by atoms with van der Waals surface area (Å²) in [5.74, 6) is 2.56. The van der Waals surface area contributed by atoms with Crippen LogP contribution >= 0.6 is 0 Å². The first-order valence-corrected chi connectivity index (χ1v) is 6.77. The lowest BCUT2D eigenvalue weighted by Crippen LogP contribution is -2.30. The van der Waals surface area contributed by atoms with Crippen molar-refractivity contribution in [2.45, 2.75) is 13.0 Å². The van der Waals surface area contributed by atoms with Gasteiger partial charge in [-0.1, -0.05) is 54.5 Å². The fourth-order valence-corrected chi connectivity index (χ4v) is 2.82. The summed E-state index contributed by atoms with van der Waals surface area (Å²) in [5, 5.41) is 0. The third-order valence-corrected chi connectivity index (χ3v) is 3.72. The Morgan fingerprint density at radius 3 is 2.10 bits per heavy atom. The third kappa shape index (κ3) is 2.15. The monoisotopic (exact) mass is 277 g/mol. The molecule has 1 aliphatic rings. The second-order valence-corrected chi connectivity index (χ2v) is 4.91. The second-order valence-electron chi connectivity index (χ2n) is 4.91. The highest BCUT2D eigenvalue weighted by molar-refractivity contribution is 5.81. The van der Waals surface area contributed by atoms with E-state index in [2.05, 4.69) is 36.3 Å². The second kappa shape index (κ2) is 5.34. The molecule has 3 rings (SSSR count). The molecule has 0 bridgehead atoms. The molecule has 3 nitrogen and oxygen atoms in total. The zero-order valence-corrected chi connectivity index (χ0v) is 12.0. The summed E-state index contributed by atoms with van der Waals surface area (Å²) in [4.78, 5) is 13.7. The molecule has 1 amide bonds. The fraction of sp³-hybridized carbons (Fsp3) is 0.167. The van der Waals surface area contributed by atoms with Gasteiger partial charge in [0.05, 0.1) is 6.04 Å². The number of ether oxygens (including phenoxy) is 1. The number of hydrogen-bond acceptors (Lipinski definition) is 2. The van der Waals surface area contributed by atoms with Crippen molar-refractivity contribution < 1.29 is 9.53 Å². The molecular weight excluding hydrogens is 262 g/mol. The molecule has 2 aromatic rings. The van der Waals surface area contributed by atoms with Crippen LogP contribution in [0.25, 0.3) is 11.1 Å². The molecule has 0 fully saturated rings. The van der Waals surface area contributed by atoms with E-state index in [4.69, 9.17) is 4.74 Å². The number of amides is 1. The normalized spacial score (nSPS) is 11.9. The van der Waals surface area contributed by atoms with E-state index in [0.717, 1.165) is 11.1 Å². The highest BCUT2D eigenvalue weighted by Gasteiger charge is 2.33. The van der Waals surface area contributed by atoms with Crippen molar-refractivity contribution in [1.29, 1.82) is 0 Å². The average Bonchev–Trinajstić information content (AvgIpc) is 2.86. The van der Waals surface area contributed by atoms with E-state index in [-0.39, 0.29) is 6.04 Å². The van der Waals surface area contributed by atoms with E-state index in [1.54, 1.807) is 18.9 Å². The first-order valence-electron chi connectivity index (χ1n) is 6.77. The number of carbonyl (C=O) groups excluding carboxylic acids is 1. The summed E-state index contributed by atoms with van der Waals surface area (Å²) in [7, 11) is 1.74. The van der Waals surface area contributed by atoms with Crippen molar-refractivity contribution in [3.63, 3.8) is 0 Å². The minimum Gasteiger partial charge on any atom is -0.356 e. The van der Waals surface area contributed by atoms with Gasteiger partial charge in [-0.25, -0.2) is 4.79 Å². The zero-order chi connectivity index (χ0) is 14.8. The van der Waals surface area contributed by atoms with Gasteiger partial charge in [-0.05, 0) is 22.3 Å². The Bertz CT molecular complexity index is 710. The Morgan fingerprint density at radius 1 is 1.05 bits per heavy atom. The van der Waals surface area contributed by atoms with Gasteiger partial charge in [-0.2, -0.15) is 0 Å². The molecular formula is C18H15NO2. The van der Waals surface area contributed by atoms with Gasteiger partial charge in [0.25, 0.3) is 0 Å². The maximum atomic E-state index is 12.1. The Morgan fingerprint density at radius 2 is 1.57 bits per heavy atom. The number of nitrogens with zero attached hydrogens (tertiary/aromatic N) is 1. The molecule has 21 heavy (non-hydrogen) atoms. The summed E-state index contributed by atoms with van der Waals surface area (Å²) in [6.45, 7) is 1.63. The molecule has 0 N–H and O–H groups in total. The predicted octanol–water partition coefficient (Wildman–Crippen LogP) is 3.81. The molecule has 104 valence electrons. The molecule has 0 saturated carbocycles. The van der Waals surface area contributed by atoms with E-state index in [0.29, 0.717) is 0 Å². The van der Waals surface area contributed by atoms with Gasteiger partial charge in [0.1, 0.15) is 6.11 Å². The van der Waals surface area contributed by atoms with Crippen molar-refractivity contribution in [3.8, 4) is 23.2 Å². The first kappa shape index (κ1) is 13.3. The summed E-state index contributed by atoms with van der Waals surface area (Å²) < 4.78 is 4.92. The molecule has 0 saturated heterocycles. The molecule has 0 aromatic heterocycles. The van der Waals surface area contributed by atoms with Gasteiger partial charge in [0, 0.05) is 14.0 Å². The molecule has 3 heteroatoms. The van der Waals surface area contributed by atoms with Gasteiger partial charge in [-0.3, -0.25) is 4.90 Å². The molecule has 1 aliphatic carbocycles. The Balaban J connectivity index is 2.05. The van der Waals surface area contributed by atoms with E-state index < -0.39 is 6.09 Å². The topological polar surface area (TPSA) is 29.5 Å². The number of rotatable bonds is 1. The summed E-state index contributed by atoms with van der Waals surface area (Å²) in [5.41, 5.74) is 4.56. The van der Waals surface area contributed by atoms with Crippen LogP contribution in [0.1, 0.15) is 24.1 Å². The third-order valence-electron chi connectivity index (χ3n) is 3.72. The highest BCUT2D eigenvalue weighted by atomic mass is 16.5.